The van der Waals surface area contributed by atoms with Gasteiger partial charge in [0.2, 0.25) is 0 Å². The molecule has 0 atom stereocenters. The number of para-hydroxylation sites is 2. The van der Waals surface area contributed by atoms with Gasteiger partial charge in [0.05, 0.1) is 5.69 Å². The number of hydrogen-bond acceptors (Lipinski definition) is 3. The fraction of sp³-hybridized carbons (Fsp3) is 0.308. The Balaban J connectivity index is 2.70. The SMILES string of the molecule is C=C(C)C(=O)Nc1ccccc1OCOCC. The van der Waals surface area contributed by atoms with Crippen LogP contribution in [0.5, 0.6) is 5.75 Å². The van der Waals surface area contributed by atoms with Crippen LogP contribution in [0.3, 0.4) is 0 Å². The van der Waals surface area contributed by atoms with Gasteiger partial charge in [-0.3, -0.25) is 4.79 Å². The van der Waals surface area contributed by atoms with Gasteiger partial charge in [-0.1, -0.05) is 18.7 Å². The van der Waals surface area contributed by atoms with Crippen molar-refractivity contribution in [3.05, 3.63) is 36.4 Å². The fourth-order valence-corrected chi connectivity index (χ4v) is 1.11. The van der Waals surface area contributed by atoms with Gasteiger partial charge in [0.15, 0.2) is 6.79 Å². The molecule has 92 valence electrons. The summed E-state index contributed by atoms with van der Waals surface area (Å²) in [7, 11) is 0. The van der Waals surface area contributed by atoms with E-state index in [1.807, 2.05) is 19.1 Å². The number of carbonyl (C=O) groups excluding carboxylic acids is 1. The van der Waals surface area contributed by atoms with Crippen molar-refractivity contribution in [1.82, 2.24) is 0 Å². The highest BCUT2D eigenvalue weighted by molar-refractivity contribution is 6.03. The molecular formula is C13H17NO3. The van der Waals surface area contributed by atoms with Crippen molar-refractivity contribution in [3.63, 3.8) is 0 Å². The Hall–Kier alpha value is -1.81. The number of benzene rings is 1. The number of nitrogens with one attached hydrogen (secondary N) is 1. The smallest absolute Gasteiger partial charge is 0.250 e. The van der Waals surface area contributed by atoms with Gasteiger partial charge in [-0.25, -0.2) is 0 Å². The lowest BCUT2D eigenvalue weighted by atomic mass is 10.2. The van der Waals surface area contributed by atoms with E-state index in [9.17, 15) is 4.79 Å². The standard InChI is InChI=1S/C13H17NO3/c1-4-16-9-17-12-8-6-5-7-11(12)14-13(15)10(2)3/h5-8H,2,4,9H2,1,3H3,(H,14,15). The minimum atomic E-state index is -0.225. The van der Waals surface area contributed by atoms with E-state index in [4.69, 9.17) is 9.47 Å². The minimum Gasteiger partial charge on any atom is -0.465 e. The maximum atomic E-state index is 11.5. The number of anilines is 1. The summed E-state index contributed by atoms with van der Waals surface area (Å²) in [6.45, 7) is 7.86. The maximum absolute atomic E-state index is 11.5. The van der Waals surface area contributed by atoms with Crippen molar-refractivity contribution >= 4 is 11.6 Å². The number of amides is 1. The van der Waals surface area contributed by atoms with Crippen molar-refractivity contribution in [2.45, 2.75) is 13.8 Å². The highest BCUT2D eigenvalue weighted by Crippen LogP contribution is 2.24. The van der Waals surface area contributed by atoms with Gasteiger partial charge in [0.1, 0.15) is 5.75 Å². The van der Waals surface area contributed by atoms with E-state index < -0.39 is 0 Å². The molecule has 0 bridgehead atoms. The lowest BCUT2D eigenvalue weighted by Gasteiger charge is -2.12. The molecule has 4 heteroatoms. The van der Waals surface area contributed by atoms with Crippen molar-refractivity contribution in [2.24, 2.45) is 0 Å². The second-order valence-corrected chi connectivity index (χ2v) is 3.49. The van der Waals surface area contributed by atoms with Crippen LogP contribution in [0.1, 0.15) is 13.8 Å². The summed E-state index contributed by atoms with van der Waals surface area (Å²) in [5.41, 5.74) is 1.06. The fourth-order valence-electron chi connectivity index (χ4n) is 1.11. The third-order valence-electron chi connectivity index (χ3n) is 2.02. The average Bonchev–Trinajstić information content (AvgIpc) is 2.31. The molecule has 1 aromatic carbocycles. The summed E-state index contributed by atoms with van der Waals surface area (Å²) in [5, 5.41) is 2.72. The molecule has 0 saturated carbocycles. The molecule has 0 spiro atoms. The third kappa shape index (κ3) is 4.28. The number of ether oxygens (including phenoxy) is 2. The lowest BCUT2D eigenvalue weighted by Crippen LogP contribution is -2.13. The summed E-state index contributed by atoms with van der Waals surface area (Å²) >= 11 is 0. The molecule has 0 radical (unpaired) electrons. The molecule has 0 aliphatic carbocycles. The predicted molar refractivity (Wildman–Crippen MR) is 67.0 cm³/mol. The van der Waals surface area contributed by atoms with Crippen molar-refractivity contribution in [1.29, 1.82) is 0 Å². The van der Waals surface area contributed by atoms with Gasteiger partial charge >= 0.3 is 0 Å². The number of hydrogen-bond donors (Lipinski definition) is 1. The normalized spacial score (nSPS) is 9.76. The van der Waals surface area contributed by atoms with Crippen LogP contribution in [0.15, 0.2) is 36.4 Å². The molecular weight excluding hydrogens is 218 g/mol. The van der Waals surface area contributed by atoms with Crippen molar-refractivity contribution in [2.75, 3.05) is 18.7 Å². The zero-order valence-corrected chi connectivity index (χ0v) is 10.2. The Labute approximate surface area is 101 Å². The van der Waals surface area contributed by atoms with E-state index in [0.29, 0.717) is 23.6 Å². The Bertz CT molecular complexity index is 401. The molecule has 0 aromatic heterocycles. The molecule has 0 heterocycles. The Morgan fingerprint density at radius 2 is 2.12 bits per heavy atom. The second-order valence-electron chi connectivity index (χ2n) is 3.49. The number of carbonyl (C=O) groups is 1. The minimum absolute atomic E-state index is 0.163. The monoisotopic (exact) mass is 235 g/mol. The number of rotatable bonds is 6. The Morgan fingerprint density at radius 3 is 2.76 bits per heavy atom. The summed E-state index contributed by atoms with van der Waals surface area (Å²) in [5.74, 6) is 0.355. The molecule has 1 N–H and O–H groups in total. The Kier molecular flexibility index (Phi) is 5.23. The van der Waals surface area contributed by atoms with E-state index in [2.05, 4.69) is 11.9 Å². The van der Waals surface area contributed by atoms with Crippen LogP contribution in [-0.4, -0.2) is 19.3 Å². The van der Waals surface area contributed by atoms with E-state index >= 15 is 0 Å². The first-order valence-electron chi connectivity index (χ1n) is 5.41. The molecule has 1 amide bonds. The van der Waals surface area contributed by atoms with Crippen LogP contribution in [0.2, 0.25) is 0 Å². The molecule has 1 aromatic rings. The van der Waals surface area contributed by atoms with Crippen molar-refractivity contribution in [3.8, 4) is 5.75 Å². The molecule has 0 aliphatic rings. The van der Waals surface area contributed by atoms with Crippen LogP contribution in [0, 0.1) is 0 Å². The topological polar surface area (TPSA) is 47.6 Å². The molecule has 0 saturated heterocycles. The predicted octanol–water partition coefficient (Wildman–Crippen LogP) is 2.57. The second kappa shape index (κ2) is 6.70. The zero-order chi connectivity index (χ0) is 12.7. The van der Waals surface area contributed by atoms with Gasteiger partial charge in [-0.15, -0.1) is 0 Å². The summed E-state index contributed by atoms with van der Waals surface area (Å²) in [6, 6.07) is 7.19. The van der Waals surface area contributed by atoms with Crippen LogP contribution >= 0.6 is 0 Å². The highest BCUT2D eigenvalue weighted by atomic mass is 16.7. The molecule has 0 aliphatic heterocycles. The van der Waals surface area contributed by atoms with E-state index in [0.717, 1.165) is 0 Å². The van der Waals surface area contributed by atoms with Crippen LogP contribution in [-0.2, 0) is 9.53 Å². The molecule has 1 rings (SSSR count). The molecule has 17 heavy (non-hydrogen) atoms. The third-order valence-corrected chi connectivity index (χ3v) is 2.02. The molecule has 4 nitrogen and oxygen atoms in total. The van der Waals surface area contributed by atoms with Gasteiger partial charge < -0.3 is 14.8 Å². The van der Waals surface area contributed by atoms with E-state index in [1.165, 1.54) is 0 Å². The first kappa shape index (κ1) is 13.3. The first-order valence-corrected chi connectivity index (χ1v) is 5.41. The zero-order valence-electron chi connectivity index (χ0n) is 10.2. The van der Waals surface area contributed by atoms with Gasteiger partial charge in [0.25, 0.3) is 5.91 Å². The largest absolute Gasteiger partial charge is 0.465 e. The summed E-state index contributed by atoms with van der Waals surface area (Å²) < 4.78 is 10.5. The van der Waals surface area contributed by atoms with Gasteiger partial charge in [-0.05, 0) is 26.0 Å². The Morgan fingerprint density at radius 1 is 1.41 bits per heavy atom. The average molecular weight is 235 g/mol. The maximum Gasteiger partial charge on any atom is 0.250 e. The first-order chi connectivity index (χ1) is 8.15. The van der Waals surface area contributed by atoms with Gasteiger partial charge in [0, 0.05) is 12.2 Å². The van der Waals surface area contributed by atoms with Gasteiger partial charge in [-0.2, -0.15) is 0 Å². The molecule has 0 unspecified atom stereocenters. The van der Waals surface area contributed by atoms with Crippen LogP contribution in [0.25, 0.3) is 0 Å². The summed E-state index contributed by atoms with van der Waals surface area (Å²) in [6.07, 6.45) is 0. The quantitative estimate of drug-likeness (QED) is 0.468. The van der Waals surface area contributed by atoms with Crippen LogP contribution in [0.4, 0.5) is 5.69 Å². The highest BCUT2D eigenvalue weighted by Gasteiger charge is 2.07. The molecule has 0 fully saturated rings. The van der Waals surface area contributed by atoms with Crippen LogP contribution < -0.4 is 10.1 Å². The van der Waals surface area contributed by atoms with E-state index in [1.54, 1.807) is 19.1 Å². The van der Waals surface area contributed by atoms with Crippen molar-refractivity contribution < 1.29 is 14.3 Å². The summed E-state index contributed by atoms with van der Waals surface area (Å²) in [4.78, 5) is 11.5. The lowest BCUT2D eigenvalue weighted by molar-refractivity contribution is -0.112. The van der Waals surface area contributed by atoms with E-state index in [-0.39, 0.29) is 12.7 Å².